The molecule has 2 heterocycles. The van der Waals surface area contributed by atoms with E-state index < -0.39 is 26.7 Å². The molecule has 2 aliphatic heterocycles. The zero-order chi connectivity index (χ0) is 25.9. The average molecular weight is 514 g/mol. The molecule has 2 aliphatic rings. The van der Waals surface area contributed by atoms with Gasteiger partial charge in [-0.05, 0) is 29.3 Å². The molecule has 36 heavy (non-hydrogen) atoms. The quantitative estimate of drug-likeness (QED) is 0.421. The third-order valence-corrected chi connectivity index (χ3v) is 12.1. The van der Waals surface area contributed by atoms with Gasteiger partial charge < -0.3 is 23.4 Å². The highest BCUT2D eigenvalue weighted by molar-refractivity contribution is 6.74. The van der Waals surface area contributed by atoms with Crippen LogP contribution >= 0.6 is 0 Å². The number of rotatable bonds is 9. The van der Waals surface area contributed by atoms with Crippen molar-refractivity contribution in [3.63, 3.8) is 0 Å². The van der Waals surface area contributed by atoms with E-state index in [9.17, 15) is 4.79 Å². The number of ether oxygens (including phenoxy) is 4. The summed E-state index contributed by atoms with van der Waals surface area (Å²) < 4.78 is 30.6. The lowest BCUT2D eigenvalue weighted by atomic mass is 10.1. The van der Waals surface area contributed by atoms with Gasteiger partial charge in [-0.3, -0.25) is 4.90 Å². The third-order valence-electron chi connectivity index (χ3n) is 7.64. The topological polar surface area (TPSA) is 66.5 Å². The minimum atomic E-state index is -2.06. The fraction of sp³-hybridized carbons (Fsp3) is 0.536. The molecule has 5 atom stereocenters. The van der Waals surface area contributed by atoms with E-state index in [1.165, 1.54) is 0 Å². The van der Waals surface area contributed by atoms with Gasteiger partial charge in [-0.15, -0.1) is 0 Å². The van der Waals surface area contributed by atoms with Gasteiger partial charge in [0.25, 0.3) is 0 Å². The van der Waals surface area contributed by atoms with Crippen LogP contribution in [0.4, 0.5) is 4.79 Å². The molecule has 2 fully saturated rings. The van der Waals surface area contributed by atoms with E-state index >= 15 is 0 Å². The second-order valence-electron chi connectivity index (χ2n) is 11.0. The van der Waals surface area contributed by atoms with Crippen LogP contribution in [0.5, 0.6) is 0 Å². The maximum atomic E-state index is 13.5. The normalized spacial score (nSPS) is 25.8. The lowest BCUT2D eigenvalue weighted by Crippen LogP contribution is -2.56. The fourth-order valence-corrected chi connectivity index (χ4v) is 5.55. The summed E-state index contributed by atoms with van der Waals surface area (Å²) in [6, 6.07) is 18.9. The van der Waals surface area contributed by atoms with Gasteiger partial charge in [0, 0.05) is 7.11 Å². The minimum absolute atomic E-state index is 0.0440. The number of amides is 1. The number of benzene rings is 2. The van der Waals surface area contributed by atoms with Gasteiger partial charge in [0.05, 0.1) is 19.3 Å². The Balaban J connectivity index is 1.55. The van der Waals surface area contributed by atoms with Crippen molar-refractivity contribution in [2.24, 2.45) is 0 Å². The molecule has 2 aromatic rings. The Kier molecular flexibility index (Phi) is 8.21. The fourth-order valence-electron chi connectivity index (χ4n) is 4.53. The SMILES string of the molecule is COC1OC2C(OCc3ccccc3)C1N(C(=O)OCc1ccccc1)C2CO[Si](C)(C)C(C)(C)C. The molecule has 0 aliphatic carbocycles. The smallest absolute Gasteiger partial charge is 0.411 e. The monoisotopic (exact) mass is 513 g/mol. The number of nitrogens with zero attached hydrogens (tertiary/aromatic N) is 1. The van der Waals surface area contributed by atoms with Gasteiger partial charge in [-0.2, -0.15) is 0 Å². The zero-order valence-corrected chi connectivity index (χ0v) is 23.2. The first-order chi connectivity index (χ1) is 17.1. The summed E-state index contributed by atoms with van der Waals surface area (Å²) >= 11 is 0. The first-order valence-electron chi connectivity index (χ1n) is 12.6. The summed E-state index contributed by atoms with van der Waals surface area (Å²) in [7, 11) is -0.469. The molecule has 196 valence electrons. The van der Waals surface area contributed by atoms with Gasteiger partial charge in [0.1, 0.15) is 24.9 Å². The van der Waals surface area contributed by atoms with Crippen LogP contribution in [-0.2, 0) is 36.6 Å². The van der Waals surface area contributed by atoms with Crippen molar-refractivity contribution in [2.45, 2.75) is 82.7 Å². The number of methoxy groups -OCH3 is 1. The average Bonchev–Trinajstić information content (AvgIpc) is 3.37. The molecular formula is C28H39NO6Si. The van der Waals surface area contributed by atoms with Crippen molar-refractivity contribution in [1.82, 2.24) is 4.90 Å². The number of morpholine rings is 1. The van der Waals surface area contributed by atoms with E-state index in [1.54, 1.807) is 12.0 Å². The van der Waals surface area contributed by atoms with Crippen molar-refractivity contribution in [1.29, 1.82) is 0 Å². The molecule has 0 aromatic heterocycles. The van der Waals surface area contributed by atoms with Crippen LogP contribution in [0, 0.1) is 0 Å². The largest absolute Gasteiger partial charge is 0.445 e. The lowest BCUT2D eigenvalue weighted by molar-refractivity contribution is -0.182. The van der Waals surface area contributed by atoms with Crippen LogP contribution in [0.2, 0.25) is 18.1 Å². The minimum Gasteiger partial charge on any atom is -0.445 e. The molecule has 4 rings (SSSR count). The molecule has 8 heteroatoms. The van der Waals surface area contributed by atoms with Gasteiger partial charge in [0.15, 0.2) is 14.6 Å². The molecule has 2 aromatic carbocycles. The van der Waals surface area contributed by atoms with Gasteiger partial charge >= 0.3 is 6.09 Å². The second-order valence-corrected chi connectivity index (χ2v) is 15.9. The molecule has 2 bridgehead atoms. The Bertz CT molecular complexity index is 996. The highest BCUT2D eigenvalue weighted by atomic mass is 28.4. The van der Waals surface area contributed by atoms with Crippen LogP contribution in [0.3, 0.4) is 0 Å². The van der Waals surface area contributed by atoms with Crippen LogP contribution < -0.4 is 0 Å². The molecule has 7 nitrogen and oxygen atoms in total. The summed E-state index contributed by atoms with van der Waals surface area (Å²) in [5, 5.41) is 0.0440. The molecule has 0 saturated carbocycles. The van der Waals surface area contributed by atoms with Crippen LogP contribution in [0.25, 0.3) is 0 Å². The molecule has 1 amide bonds. The number of hydrogen-bond acceptors (Lipinski definition) is 6. The highest BCUT2D eigenvalue weighted by Gasteiger charge is 2.63. The second kappa shape index (κ2) is 11.0. The molecule has 0 N–H and O–H groups in total. The molecule has 5 unspecified atom stereocenters. The standard InChI is InChI=1S/C28H39NO6Si/c1-28(2,3)36(5,6)34-19-22-24-25(32-17-20-13-9-7-10-14-20)23(26(31-4)35-24)29(22)27(30)33-18-21-15-11-8-12-16-21/h7-16,22-26H,17-19H2,1-6H3. The number of hydrogen-bond donors (Lipinski definition) is 0. The molecule has 0 spiro atoms. The van der Waals surface area contributed by atoms with Crippen molar-refractivity contribution in [3.05, 3.63) is 71.8 Å². The molecular weight excluding hydrogens is 474 g/mol. The van der Waals surface area contributed by atoms with E-state index in [0.717, 1.165) is 11.1 Å². The first-order valence-corrected chi connectivity index (χ1v) is 15.5. The number of fused-ring (bicyclic) bond motifs is 2. The van der Waals surface area contributed by atoms with Crippen LogP contribution in [0.15, 0.2) is 60.7 Å². The Morgan fingerprint density at radius 3 is 2.11 bits per heavy atom. The molecule has 2 saturated heterocycles. The highest BCUT2D eigenvalue weighted by Crippen LogP contribution is 2.43. The number of likely N-dealkylation sites (tertiary alicyclic amines) is 1. The van der Waals surface area contributed by atoms with Gasteiger partial charge in [0.2, 0.25) is 0 Å². The maximum absolute atomic E-state index is 13.5. The predicted molar refractivity (Wildman–Crippen MR) is 140 cm³/mol. The Morgan fingerprint density at radius 1 is 0.972 bits per heavy atom. The predicted octanol–water partition coefficient (Wildman–Crippen LogP) is 5.35. The lowest BCUT2D eigenvalue weighted by Gasteiger charge is -2.41. The van der Waals surface area contributed by atoms with Crippen LogP contribution in [-0.4, -0.2) is 63.6 Å². The van der Waals surface area contributed by atoms with Crippen molar-refractivity contribution >= 4 is 14.4 Å². The summed E-state index contributed by atoms with van der Waals surface area (Å²) in [4.78, 5) is 15.3. The summed E-state index contributed by atoms with van der Waals surface area (Å²) in [6.45, 7) is 12.0. The third kappa shape index (κ3) is 5.68. The van der Waals surface area contributed by atoms with Gasteiger partial charge in [-0.1, -0.05) is 81.4 Å². The summed E-state index contributed by atoms with van der Waals surface area (Å²) in [5.41, 5.74) is 1.99. The maximum Gasteiger partial charge on any atom is 0.411 e. The Hall–Kier alpha value is -2.23. The summed E-state index contributed by atoms with van der Waals surface area (Å²) in [6.07, 6.45) is -1.73. The van der Waals surface area contributed by atoms with Crippen molar-refractivity contribution < 1.29 is 28.2 Å². The van der Waals surface area contributed by atoms with Crippen molar-refractivity contribution in [3.8, 4) is 0 Å². The summed E-state index contributed by atoms with van der Waals surface area (Å²) in [5.74, 6) is 0. The van der Waals surface area contributed by atoms with Crippen molar-refractivity contribution in [2.75, 3.05) is 13.7 Å². The van der Waals surface area contributed by atoms with E-state index in [1.807, 2.05) is 60.7 Å². The Labute approximate surface area is 215 Å². The van der Waals surface area contributed by atoms with E-state index in [-0.39, 0.29) is 29.9 Å². The van der Waals surface area contributed by atoms with E-state index in [4.69, 9.17) is 23.4 Å². The molecule has 0 radical (unpaired) electrons. The zero-order valence-electron chi connectivity index (χ0n) is 22.2. The van der Waals surface area contributed by atoms with Gasteiger partial charge in [-0.25, -0.2) is 4.79 Å². The first kappa shape index (κ1) is 26.8. The van der Waals surface area contributed by atoms with E-state index in [2.05, 4.69) is 33.9 Å². The van der Waals surface area contributed by atoms with Crippen LogP contribution in [0.1, 0.15) is 31.9 Å². The number of carbonyl (C=O) groups is 1. The van der Waals surface area contributed by atoms with E-state index in [0.29, 0.717) is 13.2 Å². The number of carbonyl (C=O) groups excluding carboxylic acids is 1. The Morgan fingerprint density at radius 2 is 1.56 bits per heavy atom.